The number of hydrogen-bond donors (Lipinski definition) is 0. The molecule has 2 heteroatoms. The van der Waals surface area contributed by atoms with Gasteiger partial charge in [0.2, 0.25) is 0 Å². The molecule has 0 atom stereocenters. The first-order valence-electron chi connectivity index (χ1n) is 7.11. The van der Waals surface area contributed by atoms with Crippen molar-refractivity contribution < 1.29 is 0 Å². The van der Waals surface area contributed by atoms with Crippen molar-refractivity contribution in [2.75, 3.05) is 0 Å². The molecule has 0 aliphatic carbocycles. The normalized spacial score (nSPS) is 12.5. The van der Waals surface area contributed by atoms with Crippen molar-refractivity contribution in [3.8, 4) is 11.4 Å². The van der Waals surface area contributed by atoms with E-state index in [4.69, 9.17) is 0 Å². The van der Waals surface area contributed by atoms with Gasteiger partial charge in [0.25, 0.3) is 0 Å². The molecule has 0 saturated heterocycles. The van der Waals surface area contributed by atoms with Crippen molar-refractivity contribution in [3.05, 3.63) is 47.8 Å². The third kappa shape index (κ3) is 3.24. The Labute approximate surface area is 122 Å². The largest absolute Gasteiger partial charge is 0.255 e. The van der Waals surface area contributed by atoms with E-state index in [0.29, 0.717) is 0 Å². The summed E-state index contributed by atoms with van der Waals surface area (Å²) in [4.78, 5) is 9.03. The second kappa shape index (κ2) is 5.01. The fourth-order valence-corrected chi connectivity index (χ4v) is 2.03. The predicted molar refractivity (Wildman–Crippen MR) is 84.9 cm³/mol. The highest BCUT2D eigenvalue weighted by atomic mass is 14.8. The Bertz CT molecular complexity index is 584. The molecule has 0 amide bonds. The Morgan fingerprint density at radius 2 is 1.35 bits per heavy atom. The predicted octanol–water partition coefficient (Wildman–Crippen LogP) is 4.74. The molecule has 0 aromatic carbocycles. The van der Waals surface area contributed by atoms with Gasteiger partial charge in [0.05, 0.1) is 11.4 Å². The van der Waals surface area contributed by atoms with Crippen LogP contribution in [0.15, 0.2) is 36.7 Å². The molecule has 2 heterocycles. The molecule has 0 unspecified atom stereocenters. The van der Waals surface area contributed by atoms with Crippen molar-refractivity contribution in [2.45, 2.75) is 52.4 Å². The quantitative estimate of drug-likeness (QED) is 0.746. The monoisotopic (exact) mass is 268 g/mol. The van der Waals surface area contributed by atoms with E-state index in [-0.39, 0.29) is 10.8 Å². The zero-order valence-electron chi connectivity index (χ0n) is 13.4. The summed E-state index contributed by atoms with van der Waals surface area (Å²) in [6, 6.07) is 8.43. The SMILES string of the molecule is CC(C)(C)c1ccc(-c2cc(C(C)(C)C)ccn2)nc1. The van der Waals surface area contributed by atoms with Crippen LogP contribution < -0.4 is 0 Å². The average molecular weight is 268 g/mol. The Hall–Kier alpha value is -1.70. The first-order chi connectivity index (χ1) is 9.18. The van der Waals surface area contributed by atoms with Crippen molar-refractivity contribution in [1.29, 1.82) is 0 Å². The summed E-state index contributed by atoms with van der Waals surface area (Å²) in [5, 5.41) is 0. The van der Waals surface area contributed by atoms with Crippen LogP contribution in [0.3, 0.4) is 0 Å². The Morgan fingerprint density at radius 3 is 1.85 bits per heavy atom. The summed E-state index contributed by atoms with van der Waals surface area (Å²) in [5.41, 5.74) is 4.66. The number of hydrogen-bond acceptors (Lipinski definition) is 2. The van der Waals surface area contributed by atoms with Crippen LogP contribution in [0.4, 0.5) is 0 Å². The van der Waals surface area contributed by atoms with Gasteiger partial charge in [0.15, 0.2) is 0 Å². The molecule has 0 N–H and O–H groups in total. The molecule has 0 spiro atoms. The summed E-state index contributed by atoms with van der Waals surface area (Å²) >= 11 is 0. The lowest BCUT2D eigenvalue weighted by Gasteiger charge is -2.20. The Balaban J connectivity index is 2.38. The van der Waals surface area contributed by atoms with E-state index in [9.17, 15) is 0 Å². The Kier molecular flexibility index (Phi) is 3.68. The van der Waals surface area contributed by atoms with Gasteiger partial charge in [-0.1, -0.05) is 47.6 Å². The molecule has 0 fully saturated rings. The molecular formula is C18H24N2. The van der Waals surface area contributed by atoms with Crippen LogP contribution in [-0.4, -0.2) is 9.97 Å². The van der Waals surface area contributed by atoms with Crippen molar-refractivity contribution >= 4 is 0 Å². The summed E-state index contributed by atoms with van der Waals surface area (Å²) in [5.74, 6) is 0. The topological polar surface area (TPSA) is 25.8 Å². The van der Waals surface area contributed by atoms with Crippen molar-refractivity contribution in [1.82, 2.24) is 9.97 Å². The minimum atomic E-state index is 0.128. The lowest BCUT2D eigenvalue weighted by atomic mass is 9.87. The van der Waals surface area contributed by atoms with E-state index in [1.807, 2.05) is 12.4 Å². The molecule has 2 rings (SSSR count). The maximum atomic E-state index is 4.58. The zero-order valence-corrected chi connectivity index (χ0v) is 13.4. The summed E-state index contributed by atoms with van der Waals surface area (Å²) in [6.07, 6.45) is 3.83. The lowest BCUT2D eigenvalue weighted by molar-refractivity contribution is 0.587. The van der Waals surface area contributed by atoms with E-state index in [1.54, 1.807) is 0 Å². The minimum absolute atomic E-state index is 0.128. The maximum Gasteiger partial charge on any atom is 0.0889 e. The van der Waals surface area contributed by atoms with Gasteiger partial charge in [-0.05, 0) is 40.2 Å². The third-order valence-corrected chi connectivity index (χ3v) is 3.52. The second-order valence-corrected chi connectivity index (χ2v) is 7.36. The van der Waals surface area contributed by atoms with Crippen molar-refractivity contribution in [2.24, 2.45) is 0 Å². The van der Waals surface area contributed by atoms with E-state index in [0.717, 1.165) is 11.4 Å². The van der Waals surface area contributed by atoms with Crippen LogP contribution in [-0.2, 0) is 10.8 Å². The molecule has 2 aromatic rings. The molecule has 20 heavy (non-hydrogen) atoms. The average Bonchev–Trinajstić information content (AvgIpc) is 2.37. The summed E-state index contributed by atoms with van der Waals surface area (Å²) in [6.45, 7) is 13.2. The zero-order chi connectivity index (χ0) is 15.0. The van der Waals surface area contributed by atoms with Gasteiger partial charge in [-0.2, -0.15) is 0 Å². The van der Waals surface area contributed by atoms with Crippen LogP contribution in [0.1, 0.15) is 52.7 Å². The van der Waals surface area contributed by atoms with Crippen LogP contribution in [0.2, 0.25) is 0 Å². The van der Waals surface area contributed by atoms with Gasteiger partial charge in [0.1, 0.15) is 0 Å². The van der Waals surface area contributed by atoms with Crippen LogP contribution in [0.25, 0.3) is 11.4 Å². The summed E-state index contributed by atoms with van der Waals surface area (Å²) < 4.78 is 0. The number of pyridine rings is 2. The highest BCUT2D eigenvalue weighted by molar-refractivity contribution is 5.55. The van der Waals surface area contributed by atoms with E-state index in [1.165, 1.54) is 11.1 Å². The summed E-state index contributed by atoms with van der Waals surface area (Å²) in [7, 11) is 0. The molecular weight excluding hydrogens is 244 g/mol. The second-order valence-electron chi connectivity index (χ2n) is 7.36. The van der Waals surface area contributed by atoms with E-state index < -0.39 is 0 Å². The third-order valence-electron chi connectivity index (χ3n) is 3.52. The fraction of sp³-hybridized carbons (Fsp3) is 0.444. The molecule has 0 aliphatic heterocycles. The van der Waals surface area contributed by atoms with Gasteiger partial charge in [0, 0.05) is 12.4 Å². The van der Waals surface area contributed by atoms with Crippen LogP contribution in [0.5, 0.6) is 0 Å². The fourth-order valence-electron chi connectivity index (χ4n) is 2.03. The van der Waals surface area contributed by atoms with Gasteiger partial charge in [-0.3, -0.25) is 9.97 Å². The number of nitrogens with zero attached hydrogens (tertiary/aromatic N) is 2. The smallest absolute Gasteiger partial charge is 0.0889 e. The van der Waals surface area contributed by atoms with E-state index >= 15 is 0 Å². The first-order valence-corrected chi connectivity index (χ1v) is 7.11. The lowest BCUT2D eigenvalue weighted by Crippen LogP contribution is -2.12. The van der Waals surface area contributed by atoms with Gasteiger partial charge in [-0.15, -0.1) is 0 Å². The molecule has 2 aromatic heterocycles. The van der Waals surface area contributed by atoms with Gasteiger partial charge < -0.3 is 0 Å². The van der Waals surface area contributed by atoms with Gasteiger partial charge >= 0.3 is 0 Å². The minimum Gasteiger partial charge on any atom is -0.255 e. The standard InChI is InChI=1S/C18H24N2/c1-17(2,3)13-9-10-19-16(11-13)15-8-7-14(12-20-15)18(4,5)6/h7-12H,1-6H3. The van der Waals surface area contributed by atoms with Crippen LogP contribution in [0, 0.1) is 0 Å². The number of aromatic nitrogens is 2. The molecule has 106 valence electrons. The van der Waals surface area contributed by atoms with Crippen LogP contribution >= 0.6 is 0 Å². The highest BCUT2D eigenvalue weighted by Crippen LogP contribution is 2.26. The highest BCUT2D eigenvalue weighted by Gasteiger charge is 2.16. The molecule has 0 bridgehead atoms. The maximum absolute atomic E-state index is 4.58. The Morgan fingerprint density at radius 1 is 0.700 bits per heavy atom. The first kappa shape index (κ1) is 14.7. The van der Waals surface area contributed by atoms with E-state index in [2.05, 4.69) is 75.8 Å². The van der Waals surface area contributed by atoms with Crippen molar-refractivity contribution in [3.63, 3.8) is 0 Å². The number of rotatable bonds is 1. The molecule has 0 saturated carbocycles. The van der Waals surface area contributed by atoms with Gasteiger partial charge in [-0.25, -0.2) is 0 Å². The molecule has 0 aliphatic rings. The molecule has 2 nitrogen and oxygen atoms in total. The molecule has 0 radical (unpaired) electrons.